The molecule has 1 amide bonds. The van der Waals surface area contributed by atoms with Gasteiger partial charge in [0.05, 0.1) is 22.3 Å². The molecule has 0 aliphatic rings. The fraction of sp³-hybridized carbons (Fsp3) is 0.125. The molecule has 5 nitrogen and oxygen atoms in total. The maximum Gasteiger partial charge on any atom is 0.266 e. The third-order valence-electron chi connectivity index (χ3n) is 5.09. The minimum atomic E-state index is -0.156. The Hall–Kier alpha value is -2.90. The number of para-hydroxylation sites is 2. The van der Waals surface area contributed by atoms with Crippen molar-refractivity contribution in [2.45, 2.75) is 19.0 Å². The molecule has 3 aromatic carbocycles. The number of rotatable bonds is 5. The van der Waals surface area contributed by atoms with Crippen LogP contribution in [0.15, 0.2) is 81.2 Å². The van der Waals surface area contributed by atoms with Crippen molar-refractivity contribution in [3.63, 3.8) is 0 Å². The molecular formula is C24H20BrN3O2S. The van der Waals surface area contributed by atoms with E-state index >= 15 is 0 Å². The molecule has 0 saturated carbocycles. The Morgan fingerprint density at radius 2 is 1.71 bits per heavy atom. The van der Waals surface area contributed by atoms with E-state index in [2.05, 4.69) is 26.2 Å². The van der Waals surface area contributed by atoms with Gasteiger partial charge in [-0.25, -0.2) is 4.98 Å². The highest BCUT2D eigenvalue weighted by atomic mass is 79.9. The van der Waals surface area contributed by atoms with Crippen LogP contribution in [0.25, 0.3) is 16.6 Å². The first-order chi connectivity index (χ1) is 15.0. The van der Waals surface area contributed by atoms with Crippen LogP contribution in [-0.4, -0.2) is 21.2 Å². The molecule has 0 atom stereocenters. The van der Waals surface area contributed by atoms with Crippen molar-refractivity contribution in [2.24, 2.45) is 0 Å². The Balaban J connectivity index is 1.64. The van der Waals surface area contributed by atoms with Gasteiger partial charge in [-0.3, -0.25) is 14.2 Å². The van der Waals surface area contributed by atoms with Gasteiger partial charge in [0.2, 0.25) is 5.91 Å². The zero-order valence-corrected chi connectivity index (χ0v) is 19.5. The van der Waals surface area contributed by atoms with Crippen LogP contribution in [0.2, 0.25) is 0 Å². The highest BCUT2D eigenvalue weighted by Crippen LogP contribution is 2.26. The number of thioether (sulfide) groups is 1. The molecule has 0 saturated heterocycles. The molecule has 31 heavy (non-hydrogen) atoms. The number of hydrogen-bond donors (Lipinski definition) is 1. The van der Waals surface area contributed by atoms with Crippen molar-refractivity contribution < 1.29 is 4.79 Å². The van der Waals surface area contributed by atoms with Gasteiger partial charge in [0.1, 0.15) is 0 Å². The van der Waals surface area contributed by atoms with Gasteiger partial charge in [-0.1, -0.05) is 58.0 Å². The molecule has 0 aliphatic carbocycles. The second-order valence-corrected chi connectivity index (χ2v) is 8.87. The highest BCUT2D eigenvalue weighted by molar-refractivity contribution is 9.10. The minimum absolute atomic E-state index is 0.131. The number of nitrogens with one attached hydrogen (secondary N) is 1. The van der Waals surface area contributed by atoms with Crippen LogP contribution < -0.4 is 10.9 Å². The van der Waals surface area contributed by atoms with Gasteiger partial charge in [0, 0.05) is 10.2 Å². The van der Waals surface area contributed by atoms with Crippen molar-refractivity contribution >= 4 is 50.2 Å². The first-order valence-corrected chi connectivity index (χ1v) is 11.5. The zero-order chi connectivity index (χ0) is 22.0. The Morgan fingerprint density at radius 1 is 1.00 bits per heavy atom. The van der Waals surface area contributed by atoms with Gasteiger partial charge < -0.3 is 5.32 Å². The molecule has 7 heteroatoms. The molecule has 0 bridgehead atoms. The number of hydrogen-bond acceptors (Lipinski definition) is 4. The summed E-state index contributed by atoms with van der Waals surface area (Å²) in [5.74, 6) is -0.0246. The quantitative estimate of drug-likeness (QED) is 0.294. The molecule has 0 aliphatic heterocycles. The number of carbonyl (C=O) groups excluding carboxylic acids is 1. The summed E-state index contributed by atoms with van der Waals surface area (Å²) in [7, 11) is 0. The normalized spacial score (nSPS) is 10.9. The first-order valence-electron chi connectivity index (χ1n) is 9.71. The van der Waals surface area contributed by atoms with Gasteiger partial charge in [-0.05, 0) is 61.4 Å². The highest BCUT2D eigenvalue weighted by Gasteiger charge is 2.15. The predicted octanol–water partition coefficient (Wildman–Crippen LogP) is 5.50. The number of nitrogens with zero attached hydrogens (tertiary/aromatic N) is 2. The smallest absolute Gasteiger partial charge is 0.266 e. The van der Waals surface area contributed by atoms with Gasteiger partial charge >= 0.3 is 0 Å². The number of carbonyl (C=O) groups is 1. The second kappa shape index (κ2) is 9.08. The molecule has 1 aromatic heterocycles. The number of fused-ring (bicyclic) bond motifs is 1. The van der Waals surface area contributed by atoms with E-state index in [0.717, 1.165) is 21.3 Å². The van der Waals surface area contributed by atoms with Crippen LogP contribution in [0.1, 0.15) is 11.1 Å². The molecule has 0 spiro atoms. The Kier molecular flexibility index (Phi) is 6.25. The van der Waals surface area contributed by atoms with Gasteiger partial charge in [0.25, 0.3) is 5.56 Å². The summed E-state index contributed by atoms with van der Waals surface area (Å²) in [5, 5.41) is 3.99. The molecule has 0 fully saturated rings. The maximum atomic E-state index is 13.2. The summed E-state index contributed by atoms with van der Waals surface area (Å²) in [6.45, 7) is 3.97. The predicted molar refractivity (Wildman–Crippen MR) is 130 cm³/mol. The Bertz CT molecular complexity index is 1340. The second-order valence-electron chi connectivity index (χ2n) is 7.07. The molecule has 156 valence electrons. The summed E-state index contributed by atoms with van der Waals surface area (Å²) in [5.41, 5.74) is 4.05. The molecule has 1 heterocycles. The van der Waals surface area contributed by atoms with E-state index in [1.807, 2.05) is 74.5 Å². The lowest BCUT2D eigenvalue weighted by molar-refractivity contribution is -0.113. The fourth-order valence-electron chi connectivity index (χ4n) is 3.25. The summed E-state index contributed by atoms with van der Waals surface area (Å²) in [6.07, 6.45) is 0. The minimum Gasteiger partial charge on any atom is -0.325 e. The number of anilines is 1. The van der Waals surface area contributed by atoms with Crippen LogP contribution >= 0.6 is 27.7 Å². The van der Waals surface area contributed by atoms with Crippen LogP contribution in [0, 0.1) is 13.8 Å². The van der Waals surface area contributed by atoms with Gasteiger partial charge in [-0.15, -0.1) is 0 Å². The number of benzene rings is 3. The van der Waals surface area contributed by atoms with Crippen molar-refractivity contribution in [3.05, 3.63) is 92.7 Å². The molecular weight excluding hydrogens is 474 g/mol. The van der Waals surface area contributed by atoms with Crippen LogP contribution in [0.3, 0.4) is 0 Å². The SMILES string of the molecule is Cc1c(Br)ccc(NC(=O)CSc2nc3ccccc3c(=O)n2-c2ccccc2)c1C. The number of halogens is 1. The topological polar surface area (TPSA) is 64.0 Å². The lowest BCUT2D eigenvalue weighted by Crippen LogP contribution is -2.23. The van der Waals surface area contributed by atoms with E-state index in [-0.39, 0.29) is 17.2 Å². The molecule has 0 unspecified atom stereocenters. The van der Waals surface area contributed by atoms with E-state index in [4.69, 9.17) is 0 Å². The summed E-state index contributed by atoms with van der Waals surface area (Å²) in [4.78, 5) is 30.6. The Morgan fingerprint density at radius 3 is 2.48 bits per heavy atom. The maximum absolute atomic E-state index is 13.2. The van der Waals surface area contributed by atoms with Crippen molar-refractivity contribution in [1.29, 1.82) is 0 Å². The van der Waals surface area contributed by atoms with Crippen molar-refractivity contribution in [2.75, 3.05) is 11.1 Å². The van der Waals surface area contributed by atoms with Gasteiger partial charge in [0.15, 0.2) is 5.16 Å². The van der Waals surface area contributed by atoms with E-state index in [1.54, 1.807) is 10.6 Å². The van der Waals surface area contributed by atoms with Gasteiger partial charge in [-0.2, -0.15) is 0 Å². The van der Waals surface area contributed by atoms with E-state index in [1.165, 1.54) is 11.8 Å². The lowest BCUT2D eigenvalue weighted by atomic mass is 10.1. The summed E-state index contributed by atoms with van der Waals surface area (Å²) >= 11 is 4.75. The third kappa shape index (κ3) is 4.43. The van der Waals surface area contributed by atoms with E-state index in [9.17, 15) is 9.59 Å². The van der Waals surface area contributed by atoms with Crippen LogP contribution in [0.5, 0.6) is 0 Å². The number of amides is 1. The molecule has 4 aromatic rings. The fourth-order valence-corrected chi connectivity index (χ4v) is 4.50. The zero-order valence-electron chi connectivity index (χ0n) is 17.1. The largest absolute Gasteiger partial charge is 0.325 e. The molecule has 4 rings (SSSR count). The standard InChI is InChI=1S/C24H20BrN3O2S/c1-15-16(2)20(13-12-19(15)25)26-22(29)14-31-24-27-21-11-7-6-10-18(21)23(30)28(24)17-8-4-3-5-9-17/h3-13H,14H2,1-2H3,(H,26,29). The average molecular weight is 494 g/mol. The molecule has 1 N–H and O–H groups in total. The monoisotopic (exact) mass is 493 g/mol. The van der Waals surface area contributed by atoms with Crippen LogP contribution in [-0.2, 0) is 4.79 Å². The van der Waals surface area contributed by atoms with Crippen LogP contribution in [0.4, 0.5) is 5.69 Å². The van der Waals surface area contributed by atoms with Crippen molar-refractivity contribution in [3.8, 4) is 5.69 Å². The summed E-state index contributed by atoms with van der Waals surface area (Å²) < 4.78 is 2.57. The Labute approximate surface area is 192 Å². The third-order valence-corrected chi connectivity index (χ3v) is 6.88. The average Bonchev–Trinajstić information content (AvgIpc) is 2.79. The molecule has 0 radical (unpaired) electrons. The number of aromatic nitrogens is 2. The lowest BCUT2D eigenvalue weighted by Gasteiger charge is -2.14. The van der Waals surface area contributed by atoms with E-state index < -0.39 is 0 Å². The van der Waals surface area contributed by atoms with Crippen molar-refractivity contribution in [1.82, 2.24) is 9.55 Å². The summed E-state index contributed by atoms with van der Waals surface area (Å²) in [6, 6.07) is 20.4. The van der Waals surface area contributed by atoms with E-state index in [0.29, 0.717) is 21.7 Å². The first kappa shape index (κ1) is 21.3.